The van der Waals surface area contributed by atoms with E-state index in [0.717, 1.165) is 30.9 Å². The van der Waals surface area contributed by atoms with Gasteiger partial charge >= 0.3 is 0 Å². The molecule has 2 heterocycles. The maximum absolute atomic E-state index is 12.8. The lowest BCUT2D eigenvalue weighted by Gasteiger charge is -2.29. The third-order valence-corrected chi connectivity index (χ3v) is 5.55. The van der Waals surface area contributed by atoms with Crippen LogP contribution in [0.1, 0.15) is 40.9 Å². The molecule has 8 heteroatoms. The first-order chi connectivity index (χ1) is 16.4. The third kappa shape index (κ3) is 5.78. The van der Waals surface area contributed by atoms with Gasteiger partial charge in [0.1, 0.15) is 5.82 Å². The molecule has 1 aliphatic rings. The quantitative estimate of drug-likeness (QED) is 0.526. The van der Waals surface area contributed by atoms with Crippen LogP contribution in [0.5, 0.6) is 0 Å². The first-order valence-corrected chi connectivity index (χ1v) is 11.1. The normalized spacial score (nSPS) is 12.5. The largest absolute Gasteiger partial charge is 0.352 e. The van der Waals surface area contributed by atoms with E-state index in [1.54, 1.807) is 24.4 Å². The van der Waals surface area contributed by atoms with Crippen LogP contribution in [0.4, 0.5) is 17.2 Å². The maximum atomic E-state index is 12.8. The highest BCUT2D eigenvalue weighted by Crippen LogP contribution is 2.23. The van der Waals surface area contributed by atoms with E-state index in [4.69, 9.17) is 0 Å². The minimum atomic E-state index is -0.324. The number of rotatable bonds is 6. The van der Waals surface area contributed by atoms with Gasteiger partial charge in [-0.15, -0.1) is 0 Å². The number of pyridine rings is 1. The van der Waals surface area contributed by atoms with Crippen molar-refractivity contribution in [2.45, 2.75) is 33.4 Å². The predicted molar refractivity (Wildman–Crippen MR) is 132 cm³/mol. The highest BCUT2D eigenvalue weighted by molar-refractivity contribution is 5.99. The molecule has 0 spiro atoms. The molecule has 0 bridgehead atoms. The Labute approximate surface area is 198 Å². The number of anilines is 3. The summed E-state index contributed by atoms with van der Waals surface area (Å²) in [5.74, 6) is 0.0486. The summed E-state index contributed by atoms with van der Waals surface area (Å²) in [7, 11) is 0. The Balaban J connectivity index is 1.40. The van der Waals surface area contributed by atoms with Crippen LogP contribution >= 0.6 is 0 Å². The average Bonchev–Trinajstić information content (AvgIpc) is 2.81. The van der Waals surface area contributed by atoms with Crippen LogP contribution in [-0.2, 0) is 29.1 Å². The van der Waals surface area contributed by atoms with Gasteiger partial charge in [0.05, 0.1) is 0 Å². The molecule has 4 rings (SSSR count). The zero-order chi connectivity index (χ0) is 24.1. The van der Waals surface area contributed by atoms with Gasteiger partial charge in [-0.2, -0.15) is 0 Å². The van der Waals surface area contributed by atoms with Gasteiger partial charge in [0.15, 0.2) is 0 Å². The third-order valence-electron chi connectivity index (χ3n) is 5.55. The van der Waals surface area contributed by atoms with Crippen molar-refractivity contribution in [1.29, 1.82) is 0 Å². The van der Waals surface area contributed by atoms with Gasteiger partial charge < -0.3 is 20.9 Å². The first kappa shape index (κ1) is 23.0. The monoisotopic (exact) mass is 457 g/mol. The zero-order valence-electron chi connectivity index (χ0n) is 19.2. The van der Waals surface area contributed by atoms with E-state index in [-0.39, 0.29) is 17.7 Å². The summed E-state index contributed by atoms with van der Waals surface area (Å²) < 4.78 is 0. The number of fused-ring (bicyclic) bond motifs is 1. The summed E-state index contributed by atoms with van der Waals surface area (Å²) in [6.07, 6.45) is 2.76. The molecular formula is C26H27N5O3. The summed E-state index contributed by atoms with van der Waals surface area (Å²) in [5, 5.41) is 8.16. The van der Waals surface area contributed by atoms with Crippen molar-refractivity contribution in [2.24, 2.45) is 0 Å². The van der Waals surface area contributed by atoms with Crippen molar-refractivity contribution in [1.82, 2.24) is 10.3 Å². The Morgan fingerprint density at radius 2 is 1.59 bits per heavy atom. The van der Waals surface area contributed by atoms with Crippen LogP contribution < -0.4 is 20.9 Å². The van der Waals surface area contributed by atoms with Crippen LogP contribution in [0, 0.1) is 0 Å². The second-order valence-electron chi connectivity index (χ2n) is 8.31. The van der Waals surface area contributed by atoms with E-state index in [9.17, 15) is 14.4 Å². The number of carbonyl (C=O) groups excluding carboxylic acids is 3. The molecule has 3 aromatic rings. The summed E-state index contributed by atoms with van der Waals surface area (Å²) in [5.41, 5.74) is 4.77. The molecule has 1 aromatic heterocycles. The minimum Gasteiger partial charge on any atom is -0.352 e. The number of aromatic nitrogens is 1. The van der Waals surface area contributed by atoms with Crippen LogP contribution in [0.15, 0.2) is 60.8 Å². The van der Waals surface area contributed by atoms with E-state index >= 15 is 0 Å². The fourth-order valence-electron chi connectivity index (χ4n) is 3.99. The molecule has 0 fully saturated rings. The highest BCUT2D eigenvalue weighted by Gasteiger charge is 2.17. The number of nitrogens with zero attached hydrogens (tertiary/aromatic N) is 2. The van der Waals surface area contributed by atoms with Crippen LogP contribution in [-0.4, -0.2) is 29.3 Å². The fraction of sp³-hybridized carbons (Fsp3) is 0.231. The van der Waals surface area contributed by atoms with Crippen molar-refractivity contribution < 1.29 is 14.4 Å². The van der Waals surface area contributed by atoms with Gasteiger partial charge in [-0.25, -0.2) is 4.98 Å². The van der Waals surface area contributed by atoms with Crippen molar-refractivity contribution in [3.63, 3.8) is 0 Å². The summed E-state index contributed by atoms with van der Waals surface area (Å²) in [6, 6.07) is 17.1. The molecular weight excluding hydrogens is 430 g/mol. The summed E-state index contributed by atoms with van der Waals surface area (Å²) in [4.78, 5) is 42.5. The van der Waals surface area contributed by atoms with Gasteiger partial charge in [0, 0.05) is 56.6 Å². The molecule has 0 saturated heterocycles. The topological polar surface area (TPSA) is 103 Å². The van der Waals surface area contributed by atoms with Crippen LogP contribution in [0.3, 0.4) is 0 Å². The number of carbonyl (C=O) groups is 3. The first-order valence-electron chi connectivity index (χ1n) is 11.1. The number of hydrogen-bond acceptors (Lipinski definition) is 5. The lowest BCUT2D eigenvalue weighted by molar-refractivity contribution is -0.115. The Bertz CT molecular complexity index is 1190. The lowest BCUT2D eigenvalue weighted by atomic mass is 10.00. The Morgan fingerprint density at radius 3 is 2.21 bits per heavy atom. The average molecular weight is 458 g/mol. The summed E-state index contributed by atoms with van der Waals surface area (Å²) in [6.45, 7) is 4.81. The molecule has 8 nitrogen and oxygen atoms in total. The van der Waals surface area contributed by atoms with Crippen molar-refractivity contribution in [3.8, 4) is 0 Å². The molecule has 1 aliphatic heterocycles. The molecule has 0 atom stereocenters. The Kier molecular flexibility index (Phi) is 6.87. The zero-order valence-corrected chi connectivity index (χ0v) is 19.2. The second-order valence-corrected chi connectivity index (χ2v) is 8.31. The van der Waals surface area contributed by atoms with Gasteiger partial charge in [-0.1, -0.05) is 30.3 Å². The van der Waals surface area contributed by atoms with E-state index < -0.39 is 0 Å². The van der Waals surface area contributed by atoms with Gasteiger partial charge in [-0.3, -0.25) is 14.4 Å². The maximum Gasteiger partial charge on any atom is 0.251 e. The molecule has 3 N–H and O–H groups in total. The standard InChI is InChI=1S/C26H27N5O3/c1-17(32)29-23-11-22(12-24(13-23)30-18(2)33)26(34)28-15-19-7-8-25(27-14-19)31-10-9-20-5-3-4-6-21(20)16-31/h3-8,11-14H,9-10,15-16H2,1-2H3,(H,28,34)(H,29,32)(H,30,33). The molecule has 0 saturated carbocycles. The van der Waals surface area contributed by atoms with E-state index in [2.05, 4.69) is 50.1 Å². The molecule has 0 unspecified atom stereocenters. The van der Waals surface area contributed by atoms with Crippen LogP contribution in [0.25, 0.3) is 0 Å². The molecule has 0 radical (unpaired) electrons. The summed E-state index contributed by atoms with van der Waals surface area (Å²) >= 11 is 0. The smallest absolute Gasteiger partial charge is 0.251 e. The molecule has 3 amide bonds. The van der Waals surface area contributed by atoms with Crippen LogP contribution in [0.2, 0.25) is 0 Å². The number of hydrogen-bond donors (Lipinski definition) is 3. The number of benzene rings is 2. The van der Waals surface area contributed by atoms with Crippen molar-refractivity contribution in [2.75, 3.05) is 22.1 Å². The van der Waals surface area contributed by atoms with E-state index in [0.29, 0.717) is 23.5 Å². The SMILES string of the molecule is CC(=O)Nc1cc(NC(C)=O)cc(C(=O)NCc2ccc(N3CCc4ccccc4C3)nc2)c1. The van der Waals surface area contributed by atoms with Crippen molar-refractivity contribution in [3.05, 3.63) is 83.0 Å². The second kappa shape index (κ2) is 10.2. The molecule has 0 aliphatic carbocycles. The predicted octanol–water partition coefficient (Wildman–Crippen LogP) is 3.49. The highest BCUT2D eigenvalue weighted by atomic mass is 16.2. The fourth-order valence-corrected chi connectivity index (χ4v) is 3.99. The Hall–Kier alpha value is -4.20. The number of amides is 3. The van der Waals surface area contributed by atoms with Gasteiger partial charge in [0.25, 0.3) is 5.91 Å². The molecule has 34 heavy (non-hydrogen) atoms. The van der Waals surface area contributed by atoms with Gasteiger partial charge in [0.2, 0.25) is 11.8 Å². The Morgan fingerprint density at radius 1 is 0.912 bits per heavy atom. The van der Waals surface area contributed by atoms with Crippen molar-refractivity contribution >= 4 is 34.9 Å². The molecule has 174 valence electrons. The number of nitrogens with one attached hydrogen (secondary N) is 3. The minimum absolute atomic E-state index is 0.269. The van der Waals surface area contributed by atoms with E-state index in [1.165, 1.54) is 25.0 Å². The van der Waals surface area contributed by atoms with E-state index in [1.807, 2.05) is 12.1 Å². The lowest BCUT2D eigenvalue weighted by Crippen LogP contribution is -2.31. The van der Waals surface area contributed by atoms with Gasteiger partial charge in [-0.05, 0) is 47.4 Å². The molecule has 2 aromatic carbocycles.